The van der Waals surface area contributed by atoms with E-state index in [1.807, 2.05) is 10.9 Å². The Bertz CT molecular complexity index is 856. The molecule has 1 aromatic heterocycles. The summed E-state index contributed by atoms with van der Waals surface area (Å²) in [4.78, 5) is 12.5. The van der Waals surface area contributed by atoms with Gasteiger partial charge in [0.2, 0.25) is 0 Å². The molecule has 2 aliphatic rings. The van der Waals surface area contributed by atoms with Gasteiger partial charge in [-0.1, -0.05) is 19.9 Å². The molecule has 2 aromatic rings. The number of carbonyl (C=O) groups excluding carboxylic acids is 1. The van der Waals surface area contributed by atoms with Gasteiger partial charge >= 0.3 is 0 Å². The first-order valence-corrected chi connectivity index (χ1v) is 9.87. The summed E-state index contributed by atoms with van der Waals surface area (Å²) in [5.74, 6) is 1.34. The van der Waals surface area contributed by atoms with Crippen molar-refractivity contribution in [2.45, 2.75) is 59.1 Å². The molecule has 4 rings (SSSR count). The van der Waals surface area contributed by atoms with Crippen molar-refractivity contribution in [2.75, 3.05) is 6.61 Å². The van der Waals surface area contributed by atoms with Crippen molar-refractivity contribution in [1.29, 1.82) is 0 Å². The molecule has 2 fully saturated rings. The molecule has 1 aromatic carbocycles. The SMILES string of the molecule is Cc1ccc2c(cnn2C2CCCCO2)c1/C=C1\CC(C(C)C)CC1=O. The van der Waals surface area contributed by atoms with Crippen LogP contribution in [0.2, 0.25) is 0 Å². The van der Waals surface area contributed by atoms with E-state index in [1.165, 1.54) is 12.0 Å². The summed E-state index contributed by atoms with van der Waals surface area (Å²) in [6.45, 7) is 7.33. The van der Waals surface area contributed by atoms with Crippen LogP contribution in [0.25, 0.3) is 17.0 Å². The fraction of sp³-hybridized carbons (Fsp3) is 0.545. The predicted molar refractivity (Wildman–Crippen MR) is 104 cm³/mol. The zero-order valence-electron chi connectivity index (χ0n) is 16.0. The lowest BCUT2D eigenvalue weighted by atomic mass is 9.94. The molecule has 1 aliphatic carbocycles. The zero-order chi connectivity index (χ0) is 18.3. The number of fused-ring (bicyclic) bond motifs is 1. The lowest BCUT2D eigenvalue weighted by Crippen LogP contribution is -2.18. The van der Waals surface area contributed by atoms with E-state index in [1.54, 1.807) is 0 Å². The molecule has 2 heterocycles. The van der Waals surface area contributed by atoms with Gasteiger partial charge < -0.3 is 4.74 Å². The normalized spacial score (nSPS) is 25.7. The van der Waals surface area contributed by atoms with Crippen LogP contribution in [0.5, 0.6) is 0 Å². The van der Waals surface area contributed by atoms with Crippen molar-refractivity contribution in [3.63, 3.8) is 0 Å². The second-order valence-electron chi connectivity index (χ2n) is 8.14. The second-order valence-corrected chi connectivity index (χ2v) is 8.14. The van der Waals surface area contributed by atoms with Crippen LogP contribution in [0.3, 0.4) is 0 Å². The van der Waals surface area contributed by atoms with Gasteiger partial charge in [-0.25, -0.2) is 4.68 Å². The molecule has 1 saturated heterocycles. The quantitative estimate of drug-likeness (QED) is 0.725. The number of ether oxygens (including phenoxy) is 1. The molecule has 0 amide bonds. The summed E-state index contributed by atoms with van der Waals surface area (Å²) >= 11 is 0. The fourth-order valence-electron chi connectivity index (χ4n) is 4.21. The van der Waals surface area contributed by atoms with Crippen LogP contribution in [0.15, 0.2) is 23.9 Å². The predicted octanol–water partition coefficient (Wildman–Crippen LogP) is 5.06. The third kappa shape index (κ3) is 3.11. The van der Waals surface area contributed by atoms with E-state index >= 15 is 0 Å². The molecule has 1 saturated carbocycles. The van der Waals surface area contributed by atoms with E-state index in [9.17, 15) is 4.79 Å². The molecule has 0 N–H and O–H groups in total. The first-order chi connectivity index (χ1) is 12.5. The van der Waals surface area contributed by atoms with Crippen LogP contribution in [0, 0.1) is 18.8 Å². The zero-order valence-corrected chi connectivity index (χ0v) is 16.0. The molecule has 1 aliphatic heterocycles. The lowest BCUT2D eigenvalue weighted by molar-refractivity contribution is -0.114. The van der Waals surface area contributed by atoms with E-state index in [2.05, 4.69) is 44.1 Å². The van der Waals surface area contributed by atoms with Gasteiger partial charge in [0, 0.05) is 18.4 Å². The second kappa shape index (κ2) is 6.99. The fourth-order valence-corrected chi connectivity index (χ4v) is 4.21. The van der Waals surface area contributed by atoms with Crippen molar-refractivity contribution >= 4 is 22.8 Å². The Morgan fingerprint density at radius 2 is 2.12 bits per heavy atom. The van der Waals surface area contributed by atoms with Gasteiger partial charge in [0.1, 0.15) is 0 Å². The van der Waals surface area contributed by atoms with Gasteiger partial charge in [-0.05, 0) is 73.3 Å². The minimum Gasteiger partial charge on any atom is -0.356 e. The van der Waals surface area contributed by atoms with E-state index in [0.29, 0.717) is 24.0 Å². The number of allylic oxidation sites excluding steroid dienone is 1. The topological polar surface area (TPSA) is 44.1 Å². The Hall–Kier alpha value is -1.94. The van der Waals surface area contributed by atoms with E-state index < -0.39 is 0 Å². The van der Waals surface area contributed by atoms with Gasteiger partial charge in [-0.3, -0.25) is 4.79 Å². The average Bonchev–Trinajstić information content (AvgIpc) is 3.22. The number of hydrogen-bond donors (Lipinski definition) is 0. The minimum atomic E-state index is 0.0305. The van der Waals surface area contributed by atoms with Gasteiger partial charge in [0.15, 0.2) is 12.0 Å². The highest BCUT2D eigenvalue weighted by atomic mass is 16.5. The van der Waals surface area contributed by atoms with Crippen LogP contribution in [0.4, 0.5) is 0 Å². The van der Waals surface area contributed by atoms with Gasteiger partial charge in [0.05, 0.1) is 11.7 Å². The number of benzene rings is 1. The number of aryl methyl sites for hydroxylation is 1. The number of aromatic nitrogens is 2. The van der Waals surface area contributed by atoms with E-state index in [4.69, 9.17) is 4.74 Å². The number of nitrogens with zero attached hydrogens (tertiary/aromatic N) is 2. The van der Waals surface area contributed by atoms with Crippen LogP contribution in [0.1, 0.15) is 63.3 Å². The van der Waals surface area contributed by atoms with Crippen LogP contribution >= 0.6 is 0 Å². The molecule has 0 spiro atoms. The Morgan fingerprint density at radius 1 is 1.27 bits per heavy atom. The highest BCUT2D eigenvalue weighted by Crippen LogP contribution is 2.36. The molecule has 4 heteroatoms. The maximum Gasteiger partial charge on any atom is 0.159 e. The number of ketones is 1. The third-order valence-corrected chi connectivity index (χ3v) is 6.02. The molecule has 0 bridgehead atoms. The monoisotopic (exact) mass is 352 g/mol. The van der Waals surface area contributed by atoms with E-state index in [-0.39, 0.29) is 6.23 Å². The summed E-state index contributed by atoms with van der Waals surface area (Å²) in [5, 5.41) is 5.75. The summed E-state index contributed by atoms with van der Waals surface area (Å²) in [6, 6.07) is 4.26. The molecule has 2 unspecified atom stereocenters. The third-order valence-electron chi connectivity index (χ3n) is 6.02. The largest absolute Gasteiger partial charge is 0.356 e. The average molecular weight is 352 g/mol. The Labute approximate surface area is 155 Å². The smallest absolute Gasteiger partial charge is 0.159 e. The maximum atomic E-state index is 12.5. The number of Topliss-reactive ketones (excluding diaryl/α,β-unsaturated/α-hetero) is 1. The Balaban J connectivity index is 1.73. The summed E-state index contributed by atoms with van der Waals surface area (Å²) < 4.78 is 7.94. The van der Waals surface area contributed by atoms with Crippen molar-refractivity contribution in [3.8, 4) is 0 Å². The maximum absolute atomic E-state index is 12.5. The number of rotatable bonds is 3. The summed E-state index contributed by atoms with van der Waals surface area (Å²) in [6.07, 6.45) is 8.99. The molecular weight excluding hydrogens is 324 g/mol. The molecule has 4 nitrogen and oxygen atoms in total. The van der Waals surface area contributed by atoms with Crippen molar-refractivity contribution in [3.05, 3.63) is 35.0 Å². The van der Waals surface area contributed by atoms with Gasteiger partial charge in [0.25, 0.3) is 0 Å². The number of carbonyl (C=O) groups is 1. The Morgan fingerprint density at radius 3 is 2.81 bits per heavy atom. The van der Waals surface area contributed by atoms with Crippen LogP contribution in [-0.2, 0) is 9.53 Å². The van der Waals surface area contributed by atoms with Gasteiger partial charge in [-0.15, -0.1) is 0 Å². The first-order valence-electron chi connectivity index (χ1n) is 9.87. The molecule has 26 heavy (non-hydrogen) atoms. The summed E-state index contributed by atoms with van der Waals surface area (Å²) in [5.41, 5.74) is 4.40. The molecular formula is C22H28N2O2. The van der Waals surface area contributed by atoms with Gasteiger partial charge in [-0.2, -0.15) is 5.10 Å². The molecule has 138 valence electrons. The standard InChI is InChI=1S/C22H28N2O2/c1-14(2)16-10-17(21(25)12-16)11-18-15(3)7-8-20-19(18)13-23-24(20)22-6-4-5-9-26-22/h7-8,11,13-14,16,22H,4-6,9-10,12H2,1-3H3/b17-11+. The Kier molecular flexibility index (Phi) is 4.70. The highest BCUT2D eigenvalue weighted by Gasteiger charge is 2.29. The number of hydrogen-bond acceptors (Lipinski definition) is 3. The molecule has 2 atom stereocenters. The lowest BCUT2D eigenvalue weighted by Gasteiger charge is -2.23. The van der Waals surface area contributed by atoms with Crippen molar-refractivity contribution < 1.29 is 9.53 Å². The first kappa shape index (κ1) is 17.5. The highest BCUT2D eigenvalue weighted by molar-refractivity contribution is 6.04. The minimum absolute atomic E-state index is 0.0305. The summed E-state index contributed by atoms with van der Waals surface area (Å²) in [7, 11) is 0. The molecule has 0 radical (unpaired) electrons. The van der Waals surface area contributed by atoms with Crippen LogP contribution in [-0.4, -0.2) is 22.2 Å². The van der Waals surface area contributed by atoms with E-state index in [0.717, 1.165) is 47.9 Å². The van der Waals surface area contributed by atoms with Crippen LogP contribution < -0.4 is 0 Å². The van der Waals surface area contributed by atoms with Crippen molar-refractivity contribution in [1.82, 2.24) is 9.78 Å². The van der Waals surface area contributed by atoms with Crippen molar-refractivity contribution in [2.24, 2.45) is 11.8 Å².